The van der Waals surface area contributed by atoms with Crippen LogP contribution in [0.2, 0.25) is 0 Å². The minimum absolute atomic E-state index is 0.119. The maximum Gasteiger partial charge on any atom is 0.0889 e. The SMILES string of the molecule is CC.CC.Cc1ccc(N2CC(O)C2)cc1. The fraction of sp³-hybridized carbons (Fsp3) is 0.571. The van der Waals surface area contributed by atoms with Crippen LogP contribution in [0.4, 0.5) is 5.69 Å². The maximum atomic E-state index is 9.09. The van der Waals surface area contributed by atoms with Crippen LogP contribution in [0, 0.1) is 6.92 Å². The van der Waals surface area contributed by atoms with Crippen molar-refractivity contribution in [1.29, 1.82) is 0 Å². The molecule has 0 unspecified atom stereocenters. The number of aryl methyl sites for hydroxylation is 1. The molecule has 0 radical (unpaired) electrons. The van der Waals surface area contributed by atoms with Crippen LogP contribution >= 0.6 is 0 Å². The zero-order valence-corrected chi connectivity index (χ0v) is 11.2. The van der Waals surface area contributed by atoms with Crippen molar-refractivity contribution >= 4 is 5.69 Å². The standard InChI is InChI=1S/C10H13NO.2C2H6/c1-8-2-4-9(5-3-8)11-6-10(12)7-11;2*1-2/h2-5,10,12H,6-7H2,1H3;2*1-2H3. The highest BCUT2D eigenvalue weighted by Gasteiger charge is 2.23. The minimum Gasteiger partial charge on any atom is -0.389 e. The fourth-order valence-corrected chi connectivity index (χ4v) is 1.42. The van der Waals surface area contributed by atoms with Crippen LogP contribution in [0.3, 0.4) is 0 Å². The molecule has 0 atom stereocenters. The number of aliphatic hydroxyl groups is 1. The number of aliphatic hydroxyl groups excluding tert-OH is 1. The van der Waals surface area contributed by atoms with Gasteiger partial charge in [-0.2, -0.15) is 0 Å². The molecule has 0 spiro atoms. The quantitative estimate of drug-likeness (QED) is 0.790. The molecule has 1 heterocycles. The molecule has 0 aliphatic carbocycles. The highest BCUT2D eigenvalue weighted by Crippen LogP contribution is 2.20. The Morgan fingerprint density at radius 3 is 1.81 bits per heavy atom. The number of β-amino-alcohol motifs (C(OH)–C–C–N with tert-alkyl or cyclic N) is 1. The van der Waals surface area contributed by atoms with Crippen LogP contribution in [0.1, 0.15) is 33.3 Å². The third-order valence-corrected chi connectivity index (χ3v) is 2.26. The first-order chi connectivity index (χ1) is 7.75. The van der Waals surface area contributed by atoms with Crippen LogP contribution in [-0.4, -0.2) is 24.3 Å². The van der Waals surface area contributed by atoms with E-state index >= 15 is 0 Å². The molecule has 1 aromatic rings. The zero-order valence-electron chi connectivity index (χ0n) is 11.2. The molecule has 92 valence electrons. The number of benzene rings is 1. The van der Waals surface area contributed by atoms with Gasteiger partial charge in [0.25, 0.3) is 0 Å². The largest absolute Gasteiger partial charge is 0.389 e. The topological polar surface area (TPSA) is 23.5 Å². The lowest BCUT2D eigenvalue weighted by atomic mass is 10.1. The third kappa shape index (κ3) is 4.23. The molecular weight excluding hydrogens is 198 g/mol. The Kier molecular flexibility index (Phi) is 7.65. The van der Waals surface area contributed by atoms with Gasteiger partial charge in [0, 0.05) is 18.8 Å². The first-order valence-electron chi connectivity index (χ1n) is 6.25. The van der Waals surface area contributed by atoms with E-state index in [4.69, 9.17) is 5.11 Å². The van der Waals surface area contributed by atoms with Gasteiger partial charge in [-0.05, 0) is 19.1 Å². The van der Waals surface area contributed by atoms with E-state index in [0.29, 0.717) is 0 Å². The summed E-state index contributed by atoms with van der Waals surface area (Å²) < 4.78 is 0. The molecule has 1 saturated heterocycles. The summed E-state index contributed by atoms with van der Waals surface area (Å²) in [6.07, 6.45) is -0.119. The molecule has 0 bridgehead atoms. The number of rotatable bonds is 1. The van der Waals surface area contributed by atoms with Crippen molar-refractivity contribution in [2.75, 3.05) is 18.0 Å². The Labute approximate surface area is 99.9 Å². The first kappa shape index (κ1) is 15.0. The molecule has 2 rings (SSSR count). The van der Waals surface area contributed by atoms with Gasteiger partial charge < -0.3 is 10.0 Å². The van der Waals surface area contributed by atoms with Gasteiger partial charge in [0.1, 0.15) is 0 Å². The van der Waals surface area contributed by atoms with Gasteiger partial charge in [0.15, 0.2) is 0 Å². The van der Waals surface area contributed by atoms with Gasteiger partial charge in [-0.3, -0.25) is 0 Å². The number of anilines is 1. The number of nitrogens with zero attached hydrogens (tertiary/aromatic N) is 1. The summed E-state index contributed by atoms with van der Waals surface area (Å²) in [4.78, 5) is 2.17. The van der Waals surface area contributed by atoms with Gasteiger partial charge in [0.05, 0.1) is 6.10 Å². The lowest BCUT2D eigenvalue weighted by molar-refractivity contribution is 0.142. The summed E-state index contributed by atoms with van der Waals surface area (Å²) in [5.41, 5.74) is 2.49. The molecule has 1 fully saturated rings. The molecule has 1 N–H and O–H groups in total. The second-order valence-corrected chi connectivity index (χ2v) is 3.39. The highest BCUT2D eigenvalue weighted by molar-refractivity contribution is 5.49. The molecule has 16 heavy (non-hydrogen) atoms. The molecule has 0 amide bonds. The second kappa shape index (κ2) is 8.17. The van der Waals surface area contributed by atoms with Crippen LogP contribution < -0.4 is 4.90 Å². The average Bonchev–Trinajstić information content (AvgIpc) is 2.32. The van der Waals surface area contributed by atoms with Crippen molar-refractivity contribution in [1.82, 2.24) is 0 Å². The predicted molar refractivity (Wildman–Crippen MR) is 72.1 cm³/mol. The normalized spacial score (nSPS) is 14.0. The van der Waals surface area contributed by atoms with Gasteiger partial charge in [0.2, 0.25) is 0 Å². The third-order valence-electron chi connectivity index (χ3n) is 2.26. The monoisotopic (exact) mass is 223 g/mol. The Balaban J connectivity index is 0.000000509. The maximum absolute atomic E-state index is 9.09. The van der Waals surface area contributed by atoms with Crippen molar-refractivity contribution in [3.63, 3.8) is 0 Å². The smallest absolute Gasteiger partial charge is 0.0889 e. The van der Waals surface area contributed by atoms with Gasteiger partial charge in [-0.15, -0.1) is 0 Å². The van der Waals surface area contributed by atoms with Crippen LogP contribution in [0.15, 0.2) is 24.3 Å². The van der Waals surface area contributed by atoms with E-state index in [9.17, 15) is 0 Å². The second-order valence-electron chi connectivity index (χ2n) is 3.39. The number of hydrogen-bond donors (Lipinski definition) is 1. The lowest BCUT2D eigenvalue weighted by Gasteiger charge is -2.37. The molecule has 2 nitrogen and oxygen atoms in total. The van der Waals surface area contributed by atoms with Crippen LogP contribution in [0.25, 0.3) is 0 Å². The molecule has 1 aliphatic heterocycles. The van der Waals surface area contributed by atoms with Gasteiger partial charge in [-0.1, -0.05) is 45.4 Å². The molecule has 0 aromatic heterocycles. The Morgan fingerprint density at radius 1 is 1.00 bits per heavy atom. The van der Waals surface area contributed by atoms with Crippen LogP contribution in [-0.2, 0) is 0 Å². The minimum atomic E-state index is -0.119. The Morgan fingerprint density at radius 2 is 1.44 bits per heavy atom. The van der Waals surface area contributed by atoms with Crippen molar-refractivity contribution < 1.29 is 5.11 Å². The van der Waals surface area contributed by atoms with E-state index in [2.05, 4.69) is 36.1 Å². The van der Waals surface area contributed by atoms with Gasteiger partial charge >= 0.3 is 0 Å². The molecule has 1 aliphatic rings. The zero-order chi connectivity index (χ0) is 12.6. The predicted octanol–water partition coefficient (Wildman–Crippen LogP) is 3.23. The summed E-state index contributed by atoms with van der Waals surface area (Å²) in [6.45, 7) is 11.6. The molecule has 0 saturated carbocycles. The van der Waals surface area contributed by atoms with E-state index in [1.807, 2.05) is 27.7 Å². The van der Waals surface area contributed by atoms with Crippen molar-refractivity contribution in [2.24, 2.45) is 0 Å². The van der Waals surface area contributed by atoms with Gasteiger partial charge in [-0.25, -0.2) is 0 Å². The summed E-state index contributed by atoms with van der Waals surface area (Å²) >= 11 is 0. The van der Waals surface area contributed by atoms with Crippen molar-refractivity contribution in [2.45, 2.75) is 40.7 Å². The molecule has 2 heteroatoms. The molecular formula is C14H25NO. The van der Waals surface area contributed by atoms with Crippen molar-refractivity contribution in [3.05, 3.63) is 29.8 Å². The fourth-order valence-electron chi connectivity index (χ4n) is 1.42. The first-order valence-corrected chi connectivity index (χ1v) is 6.25. The Hall–Kier alpha value is -1.02. The summed E-state index contributed by atoms with van der Waals surface area (Å²) in [7, 11) is 0. The summed E-state index contributed by atoms with van der Waals surface area (Å²) in [5, 5.41) is 9.09. The molecule has 1 aromatic carbocycles. The highest BCUT2D eigenvalue weighted by atomic mass is 16.3. The summed E-state index contributed by atoms with van der Waals surface area (Å²) in [6, 6.07) is 8.39. The van der Waals surface area contributed by atoms with E-state index in [-0.39, 0.29) is 6.10 Å². The number of hydrogen-bond acceptors (Lipinski definition) is 2. The average molecular weight is 223 g/mol. The van der Waals surface area contributed by atoms with E-state index in [1.165, 1.54) is 11.3 Å². The van der Waals surface area contributed by atoms with E-state index in [0.717, 1.165) is 13.1 Å². The summed E-state index contributed by atoms with van der Waals surface area (Å²) in [5.74, 6) is 0. The van der Waals surface area contributed by atoms with Crippen molar-refractivity contribution in [3.8, 4) is 0 Å². The Bertz CT molecular complexity index is 263. The lowest BCUT2D eigenvalue weighted by Crippen LogP contribution is -2.50. The van der Waals surface area contributed by atoms with E-state index < -0.39 is 0 Å². The van der Waals surface area contributed by atoms with Crippen LogP contribution in [0.5, 0.6) is 0 Å². The van der Waals surface area contributed by atoms with E-state index in [1.54, 1.807) is 0 Å².